The summed E-state index contributed by atoms with van der Waals surface area (Å²) < 4.78 is 18.0. The lowest BCUT2D eigenvalue weighted by Gasteiger charge is -2.08. The van der Waals surface area contributed by atoms with Gasteiger partial charge in [0.25, 0.3) is 0 Å². The highest BCUT2D eigenvalue weighted by molar-refractivity contribution is 6.32. The van der Waals surface area contributed by atoms with Crippen molar-refractivity contribution in [3.63, 3.8) is 0 Å². The molecule has 92 valence electrons. The predicted octanol–water partition coefficient (Wildman–Crippen LogP) is 4.41. The first kappa shape index (κ1) is 12.6. The number of ether oxygens (including phenoxy) is 1. The fourth-order valence-corrected chi connectivity index (χ4v) is 1.72. The van der Waals surface area contributed by atoms with Crippen LogP contribution in [0.1, 0.15) is 15.9 Å². The van der Waals surface area contributed by atoms with Crippen LogP contribution in [0.25, 0.3) is 0 Å². The average Bonchev–Trinajstić information content (AvgIpc) is 2.41. The SMILES string of the molecule is O=Cc1ccc(Oc2cccc(CF)c2)c(Cl)c1. The zero-order chi connectivity index (χ0) is 13.0. The average molecular weight is 265 g/mol. The fraction of sp³-hybridized carbons (Fsp3) is 0.0714. The first-order valence-electron chi connectivity index (χ1n) is 5.30. The summed E-state index contributed by atoms with van der Waals surface area (Å²) >= 11 is 5.97. The van der Waals surface area contributed by atoms with E-state index in [1.165, 1.54) is 6.07 Å². The van der Waals surface area contributed by atoms with Crippen LogP contribution in [0, 0.1) is 0 Å². The van der Waals surface area contributed by atoms with Gasteiger partial charge in [-0.2, -0.15) is 0 Å². The Labute approximate surface area is 109 Å². The molecule has 2 nitrogen and oxygen atoms in total. The highest BCUT2D eigenvalue weighted by Crippen LogP contribution is 2.30. The van der Waals surface area contributed by atoms with E-state index < -0.39 is 6.67 Å². The van der Waals surface area contributed by atoms with Crippen molar-refractivity contribution in [2.45, 2.75) is 6.67 Å². The minimum atomic E-state index is -0.547. The number of rotatable bonds is 4. The molecule has 0 bridgehead atoms. The number of carbonyl (C=O) groups is 1. The normalized spacial score (nSPS) is 10.1. The van der Waals surface area contributed by atoms with E-state index in [2.05, 4.69) is 0 Å². The van der Waals surface area contributed by atoms with Gasteiger partial charge in [-0.05, 0) is 35.9 Å². The van der Waals surface area contributed by atoms with Gasteiger partial charge in [-0.15, -0.1) is 0 Å². The molecule has 0 N–H and O–H groups in total. The summed E-state index contributed by atoms with van der Waals surface area (Å²) in [5.74, 6) is 0.934. The van der Waals surface area contributed by atoms with Crippen LogP contribution in [0.2, 0.25) is 5.02 Å². The monoisotopic (exact) mass is 264 g/mol. The third-order valence-electron chi connectivity index (χ3n) is 2.37. The van der Waals surface area contributed by atoms with Crippen LogP contribution in [0.4, 0.5) is 4.39 Å². The number of benzene rings is 2. The molecule has 0 unspecified atom stereocenters. The van der Waals surface area contributed by atoms with E-state index in [1.807, 2.05) is 0 Å². The Balaban J connectivity index is 2.25. The summed E-state index contributed by atoms with van der Waals surface area (Å²) in [5.41, 5.74) is 1.01. The second kappa shape index (κ2) is 5.65. The molecule has 4 heteroatoms. The lowest BCUT2D eigenvalue weighted by Crippen LogP contribution is -1.88. The second-order valence-corrected chi connectivity index (χ2v) is 4.10. The second-order valence-electron chi connectivity index (χ2n) is 3.69. The molecule has 2 aromatic carbocycles. The van der Waals surface area contributed by atoms with E-state index in [1.54, 1.807) is 36.4 Å². The van der Waals surface area contributed by atoms with E-state index in [0.717, 1.165) is 0 Å². The van der Waals surface area contributed by atoms with Gasteiger partial charge < -0.3 is 4.74 Å². The van der Waals surface area contributed by atoms with Gasteiger partial charge in [0.2, 0.25) is 0 Å². The Morgan fingerprint density at radius 3 is 2.72 bits per heavy atom. The lowest BCUT2D eigenvalue weighted by atomic mass is 10.2. The number of aldehydes is 1. The van der Waals surface area contributed by atoms with Gasteiger partial charge in [0.05, 0.1) is 5.02 Å². The van der Waals surface area contributed by atoms with E-state index in [4.69, 9.17) is 16.3 Å². The van der Waals surface area contributed by atoms with Crippen LogP contribution in [-0.4, -0.2) is 6.29 Å². The zero-order valence-corrected chi connectivity index (χ0v) is 10.2. The van der Waals surface area contributed by atoms with Crippen molar-refractivity contribution in [3.8, 4) is 11.5 Å². The Morgan fingerprint density at radius 2 is 2.06 bits per heavy atom. The van der Waals surface area contributed by atoms with Gasteiger partial charge in [0, 0.05) is 5.56 Å². The third-order valence-corrected chi connectivity index (χ3v) is 2.67. The molecule has 0 saturated carbocycles. The highest BCUT2D eigenvalue weighted by Gasteiger charge is 2.05. The van der Waals surface area contributed by atoms with E-state index in [0.29, 0.717) is 33.9 Å². The summed E-state index contributed by atoms with van der Waals surface area (Å²) in [6.07, 6.45) is 0.708. The van der Waals surface area contributed by atoms with E-state index in [-0.39, 0.29) is 0 Å². The molecule has 0 atom stereocenters. The minimum absolute atomic E-state index is 0.338. The summed E-state index contributed by atoms with van der Waals surface area (Å²) in [4.78, 5) is 10.6. The van der Waals surface area contributed by atoms with Crippen molar-refractivity contribution in [1.82, 2.24) is 0 Å². The number of carbonyl (C=O) groups excluding carboxylic acids is 1. The van der Waals surface area contributed by atoms with Gasteiger partial charge in [-0.1, -0.05) is 23.7 Å². The maximum absolute atomic E-state index is 12.5. The van der Waals surface area contributed by atoms with Crippen molar-refractivity contribution in [3.05, 3.63) is 58.6 Å². The molecular weight excluding hydrogens is 255 g/mol. The van der Waals surface area contributed by atoms with Crippen LogP contribution in [0.5, 0.6) is 11.5 Å². The molecule has 0 aliphatic carbocycles. The Hall–Kier alpha value is -1.87. The van der Waals surface area contributed by atoms with E-state index in [9.17, 15) is 9.18 Å². The fourth-order valence-electron chi connectivity index (χ4n) is 1.49. The van der Waals surface area contributed by atoms with Crippen molar-refractivity contribution < 1.29 is 13.9 Å². The van der Waals surface area contributed by atoms with Crippen molar-refractivity contribution in [1.29, 1.82) is 0 Å². The van der Waals surface area contributed by atoms with Crippen molar-refractivity contribution >= 4 is 17.9 Å². The number of halogens is 2. The molecule has 0 amide bonds. The van der Waals surface area contributed by atoms with Crippen LogP contribution < -0.4 is 4.74 Å². The summed E-state index contributed by atoms with van der Waals surface area (Å²) in [6.45, 7) is -0.547. The predicted molar refractivity (Wildman–Crippen MR) is 68.2 cm³/mol. The quantitative estimate of drug-likeness (QED) is 0.765. The molecule has 0 heterocycles. The topological polar surface area (TPSA) is 26.3 Å². The van der Waals surface area contributed by atoms with Crippen LogP contribution >= 0.6 is 11.6 Å². The number of hydrogen-bond donors (Lipinski definition) is 0. The highest BCUT2D eigenvalue weighted by atomic mass is 35.5. The van der Waals surface area contributed by atoms with Crippen LogP contribution in [0.15, 0.2) is 42.5 Å². The van der Waals surface area contributed by atoms with Gasteiger partial charge in [0.15, 0.2) is 0 Å². The molecule has 0 radical (unpaired) electrons. The largest absolute Gasteiger partial charge is 0.456 e. The molecule has 0 aliphatic rings. The van der Waals surface area contributed by atoms with Crippen LogP contribution in [0.3, 0.4) is 0 Å². The third kappa shape index (κ3) is 2.87. The van der Waals surface area contributed by atoms with Gasteiger partial charge in [-0.25, -0.2) is 4.39 Å². The molecule has 0 aromatic heterocycles. The van der Waals surface area contributed by atoms with E-state index >= 15 is 0 Å². The zero-order valence-electron chi connectivity index (χ0n) is 9.40. The maximum Gasteiger partial charge on any atom is 0.150 e. The Morgan fingerprint density at radius 1 is 1.22 bits per heavy atom. The first-order chi connectivity index (χ1) is 8.72. The Kier molecular flexibility index (Phi) is 3.95. The molecular formula is C14H10ClFO2. The smallest absolute Gasteiger partial charge is 0.150 e. The Bertz CT molecular complexity index is 569. The molecule has 2 rings (SSSR count). The number of alkyl halides is 1. The molecule has 0 saturated heterocycles. The van der Waals surface area contributed by atoms with Crippen molar-refractivity contribution in [2.24, 2.45) is 0 Å². The van der Waals surface area contributed by atoms with Gasteiger partial charge in [-0.3, -0.25) is 4.79 Å². The summed E-state index contributed by atoms with van der Waals surface area (Å²) in [7, 11) is 0. The first-order valence-corrected chi connectivity index (χ1v) is 5.68. The number of hydrogen-bond acceptors (Lipinski definition) is 2. The molecule has 2 aromatic rings. The standard InChI is InChI=1S/C14H10ClFO2/c15-13-7-11(9-17)4-5-14(13)18-12-3-1-2-10(6-12)8-16/h1-7,9H,8H2. The van der Waals surface area contributed by atoms with Gasteiger partial charge in [0.1, 0.15) is 24.5 Å². The lowest BCUT2D eigenvalue weighted by molar-refractivity contribution is 0.112. The molecule has 0 fully saturated rings. The van der Waals surface area contributed by atoms with Crippen molar-refractivity contribution in [2.75, 3.05) is 0 Å². The summed E-state index contributed by atoms with van der Waals surface area (Å²) in [6, 6.07) is 11.4. The minimum Gasteiger partial charge on any atom is -0.456 e. The maximum atomic E-state index is 12.5. The summed E-state index contributed by atoms with van der Waals surface area (Å²) in [5, 5.41) is 0.338. The van der Waals surface area contributed by atoms with Crippen LogP contribution in [-0.2, 0) is 6.67 Å². The molecule has 0 spiro atoms. The molecule has 0 aliphatic heterocycles. The molecule has 18 heavy (non-hydrogen) atoms. The van der Waals surface area contributed by atoms with Gasteiger partial charge >= 0.3 is 0 Å².